The van der Waals surface area contributed by atoms with Crippen molar-refractivity contribution in [3.63, 3.8) is 0 Å². The molecule has 0 rings (SSSR count). The molecule has 116 valence electrons. The van der Waals surface area contributed by atoms with Gasteiger partial charge in [-0.15, -0.1) is 0 Å². The average molecular weight is 350 g/mol. The Morgan fingerprint density at radius 3 is 0.947 bits per heavy atom. The van der Waals surface area contributed by atoms with Gasteiger partial charge in [-0.3, -0.25) is 0 Å². The summed E-state index contributed by atoms with van der Waals surface area (Å²) in [5.41, 5.74) is 0. The molecule has 0 fully saturated rings. The van der Waals surface area contributed by atoms with Crippen LogP contribution in [0.5, 0.6) is 0 Å². The summed E-state index contributed by atoms with van der Waals surface area (Å²) >= 11 is -10.1. The Kier molecular flexibility index (Phi) is 5.04. The van der Waals surface area contributed by atoms with Gasteiger partial charge in [0.15, 0.2) is 0 Å². The second kappa shape index (κ2) is 5.16. The molecule has 0 unspecified atom stereocenters. The Balaban J connectivity index is 5.11. The Labute approximate surface area is 102 Å². The van der Waals surface area contributed by atoms with Crippen molar-refractivity contribution >= 4 is 22.2 Å². The molecule has 0 aromatic rings. The predicted molar refractivity (Wildman–Crippen MR) is 39.4 cm³/mol. The highest BCUT2D eigenvalue weighted by Crippen LogP contribution is 2.42. The maximum absolute atomic E-state index is 12.2. The molecule has 0 aliphatic rings. The molecular formula is C4F10O3S2. The summed E-state index contributed by atoms with van der Waals surface area (Å²) in [5, 5.41) is -12.5. The van der Waals surface area contributed by atoms with Gasteiger partial charge in [0.2, 0.25) is 0 Å². The van der Waals surface area contributed by atoms with Crippen molar-refractivity contribution in [2.75, 3.05) is 0 Å². The van der Waals surface area contributed by atoms with E-state index in [4.69, 9.17) is 0 Å². The fraction of sp³-hybridized carbons (Fsp3) is 1.00. The topological polar surface area (TPSA) is 43.4 Å². The van der Waals surface area contributed by atoms with Crippen LogP contribution in [0.1, 0.15) is 0 Å². The molecule has 0 aromatic heterocycles. The third kappa shape index (κ3) is 3.77. The number of rotatable bonds is 4. The molecule has 0 heterocycles. The summed E-state index contributed by atoms with van der Waals surface area (Å²) < 4.78 is 141. The van der Waals surface area contributed by atoms with E-state index >= 15 is 0 Å². The van der Waals surface area contributed by atoms with E-state index in [1.807, 2.05) is 0 Å². The fourth-order valence-corrected chi connectivity index (χ4v) is 1.84. The molecule has 3 nitrogen and oxygen atoms in total. The van der Waals surface area contributed by atoms with E-state index in [2.05, 4.69) is 3.63 Å². The standard InChI is InChI=1S/C4F10O3S2/c5-1(6,7)3(11,12)18(15)17-19(16)4(13,14)2(8,9)10. The first-order valence-electron chi connectivity index (χ1n) is 3.46. The van der Waals surface area contributed by atoms with Gasteiger partial charge >= 0.3 is 22.9 Å². The minimum Gasteiger partial charge on any atom is -0.222 e. The molecule has 0 aliphatic carbocycles. The van der Waals surface area contributed by atoms with Crippen molar-refractivity contribution in [2.45, 2.75) is 22.9 Å². The molecule has 19 heavy (non-hydrogen) atoms. The first-order valence-corrected chi connectivity index (χ1v) is 5.61. The summed E-state index contributed by atoms with van der Waals surface area (Å²) in [5.74, 6) is 0. The molecule has 0 radical (unpaired) electrons. The molecule has 0 atom stereocenters. The lowest BCUT2D eigenvalue weighted by Crippen LogP contribution is -2.45. The zero-order valence-electron chi connectivity index (χ0n) is 7.82. The van der Waals surface area contributed by atoms with Gasteiger partial charge in [0.1, 0.15) is 0 Å². The summed E-state index contributed by atoms with van der Waals surface area (Å²) in [6, 6.07) is 0. The van der Waals surface area contributed by atoms with E-state index in [9.17, 15) is 52.3 Å². The van der Waals surface area contributed by atoms with Crippen LogP contribution in [0, 0.1) is 0 Å². The van der Waals surface area contributed by atoms with E-state index in [1.165, 1.54) is 0 Å². The highest BCUT2D eigenvalue weighted by Gasteiger charge is 2.68. The number of hydrogen-bond acceptors (Lipinski definition) is 3. The summed E-state index contributed by atoms with van der Waals surface area (Å²) in [7, 11) is 0. The fourth-order valence-electron chi connectivity index (χ4n) is 0.331. The Bertz CT molecular complexity index is 347. The minimum atomic E-state index is -6.56. The zero-order valence-corrected chi connectivity index (χ0v) is 9.45. The quantitative estimate of drug-likeness (QED) is 0.733. The normalized spacial score (nSPS) is 18.2. The molecule has 0 N–H and O–H groups in total. The van der Waals surface area contributed by atoms with Crippen molar-refractivity contribution in [3.05, 3.63) is 0 Å². The molecular weight excluding hydrogens is 350 g/mol. The van der Waals surface area contributed by atoms with Crippen LogP contribution in [0.4, 0.5) is 43.9 Å². The highest BCUT2D eigenvalue weighted by atomic mass is 32.3. The Morgan fingerprint density at radius 1 is 0.579 bits per heavy atom. The van der Waals surface area contributed by atoms with E-state index in [1.54, 1.807) is 0 Å². The van der Waals surface area contributed by atoms with Crippen LogP contribution < -0.4 is 0 Å². The first-order chi connectivity index (χ1) is 8.05. The van der Waals surface area contributed by atoms with E-state index in [0.717, 1.165) is 0 Å². The van der Waals surface area contributed by atoms with Gasteiger partial charge in [-0.2, -0.15) is 47.5 Å². The van der Waals surface area contributed by atoms with Gasteiger partial charge in [0.05, 0.1) is 0 Å². The van der Waals surface area contributed by atoms with Crippen LogP contribution in [-0.4, -0.2) is 31.3 Å². The van der Waals surface area contributed by atoms with Crippen LogP contribution in [-0.2, 0) is 25.8 Å². The third-order valence-corrected chi connectivity index (χ3v) is 3.49. The van der Waals surface area contributed by atoms with Crippen molar-refractivity contribution in [2.24, 2.45) is 0 Å². The lowest BCUT2D eigenvalue weighted by molar-refractivity contribution is -0.243. The van der Waals surface area contributed by atoms with Crippen molar-refractivity contribution < 1.29 is 56.0 Å². The Morgan fingerprint density at radius 2 is 0.789 bits per heavy atom. The SMILES string of the molecule is O=S(OS(=O)C(F)(F)C(F)(F)F)C(F)(F)C(F)(F)F. The van der Waals surface area contributed by atoms with Crippen molar-refractivity contribution in [1.82, 2.24) is 0 Å². The van der Waals surface area contributed by atoms with E-state index in [-0.39, 0.29) is 0 Å². The lowest BCUT2D eigenvalue weighted by Gasteiger charge is -2.20. The molecule has 0 aliphatic heterocycles. The second-order valence-corrected chi connectivity index (χ2v) is 5.08. The largest absolute Gasteiger partial charge is 0.469 e. The van der Waals surface area contributed by atoms with E-state index < -0.39 is 45.0 Å². The minimum absolute atomic E-state index is 2.44. The van der Waals surface area contributed by atoms with Crippen LogP contribution in [0.3, 0.4) is 0 Å². The van der Waals surface area contributed by atoms with Crippen molar-refractivity contribution in [1.29, 1.82) is 0 Å². The highest BCUT2D eigenvalue weighted by molar-refractivity contribution is 7.94. The van der Waals surface area contributed by atoms with Crippen LogP contribution in [0.15, 0.2) is 0 Å². The van der Waals surface area contributed by atoms with Gasteiger partial charge in [0, 0.05) is 0 Å². The van der Waals surface area contributed by atoms with Gasteiger partial charge < -0.3 is 0 Å². The van der Waals surface area contributed by atoms with Crippen LogP contribution >= 0.6 is 0 Å². The molecule has 0 saturated heterocycles. The van der Waals surface area contributed by atoms with E-state index in [0.29, 0.717) is 0 Å². The monoisotopic (exact) mass is 350 g/mol. The number of halogens is 10. The molecule has 0 bridgehead atoms. The van der Waals surface area contributed by atoms with Gasteiger partial charge in [0.25, 0.3) is 22.2 Å². The zero-order chi connectivity index (χ0) is 15.9. The maximum atomic E-state index is 12.2. The number of alkyl halides is 10. The average Bonchev–Trinajstić information content (AvgIpc) is 2.13. The van der Waals surface area contributed by atoms with Gasteiger partial charge in [-0.1, -0.05) is 0 Å². The first kappa shape index (κ1) is 18.6. The lowest BCUT2D eigenvalue weighted by atomic mass is 10.7. The molecule has 0 amide bonds. The summed E-state index contributed by atoms with van der Waals surface area (Å²) in [6.45, 7) is 0. The Hall–Kier alpha value is -0.440. The molecule has 15 heteroatoms. The predicted octanol–water partition coefficient (Wildman–Crippen LogP) is 2.64. The van der Waals surface area contributed by atoms with Crippen LogP contribution in [0.25, 0.3) is 0 Å². The molecule has 0 aromatic carbocycles. The summed E-state index contributed by atoms with van der Waals surface area (Å²) in [6.07, 6.45) is -13.1. The van der Waals surface area contributed by atoms with Crippen molar-refractivity contribution in [3.8, 4) is 0 Å². The number of hydrogen-bond donors (Lipinski definition) is 0. The third-order valence-electron chi connectivity index (χ3n) is 1.20. The maximum Gasteiger partial charge on any atom is 0.469 e. The van der Waals surface area contributed by atoms with Gasteiger partial charge in [-0.25, -0.2) is 8.42 Å². The molecule has 0 spiro atoms. The van der Waals surface area contributed by atoms with Gasteiger partial charge in [-0.05, 0) is 0 Å². The van der Waals surface area contributed by atoms with Crippen LogP contribution in [0.2, 0.25) is 0 Å². The molecule has 0 saturated carbocycles. The summed E-state index contributed by atoms with van der Waals surface area (Å²) in [4.78, 5) is 0. The second-order valence-electron chi connectivity index (χ2n) is 2.57. The smallest absolute Gasteiger partial charge is 0.222 e.